The van der Waals surface area contributed by atoms with Crippen LogP contribution >= 0.6 is 11.3 Å². The number of aromatic nitrogens is 3. The van der Waals surface area contributed by atoms with Crippen molar-refractivity contribution in [1.29, 1.82) is 5.26 Å². The molecule has 0 radical (unpaired) electrons. The van der Waals surface area contributed by atoms with Crippen LogP contribution in [0, 0.1) is 18.3 Å². The van der Waals surface area contributed by atoms with Gasteiger partial charge in [0.15, 0.2) is 0 Å². The Hall–Kier alpha value is -3.93. The molecule has 0 unspecified atom stereocenters. The van der Waals surface area contributed by atoms with E-state index < -0.39 is 18.2 Å². The van der Waals surface area contributed by atoms with Crippen molar-refractivity contribution < 1.29 is 22.7 Å². The molecular weight excluding hydrogens is 654 g/mol. The average Bonchev–Trinajstić information content (AvgIpc) is 3.62. The number of amides is 1. The van der Waals surface area contributed by atoms with E-state index in [-0.39, 0.29) is 17.0 Å². The molecule has 5 heterocycles. The van der Waals surface area contributed by atoms with Gasteiger partial charge in [0.05, 0.1) is 11.8 Å². The van der Waals surface area contributed by atoms with Crippen molar-refractivity contribution in [2.45, 2.75) is 77.9 Å². The lowest BCUT2D eigenvalue weighted by molar-refractivity contribution is -0.126. The highest BCUT2D eigenvalue weighted by molar-refractivity contribution is 7.18. The zero-order valence-corrected chi connectivity index (χ0v) is 29.3. The predicted molar refractivity (Wildman–Crippen MR) is 185 cm³/mol. The Kier molecular flexibility index (Phi) is 10.1. The SMILES string of the molecule is Cc1c(CN2CCC(Nc3ncnc4sc(CC(F)(F)F)cc34)CC2)ccc2c1cc(C#N)n2CCN1CCN(C(=O)OC(C)(C)C)CC1. The number of nitrogens with one attached hydrogen (secondary N) is 1. The highest BCUT2D eigenvalue weighted by Gasteiger charge is 2.30. The number of ether oxygens (including phenoxy) is 1. The third-order valence-electron chi connectivity index (χ3n) is 9.32. The first-order chi connectivity index (χ1) is 23.3. The molecule has 2 saturated heterocycles. The third-order valence-corrected chi connectivity index (χ3v) is 10.4. The second-order valence-corrected chi connectivity index (χ2v) is 15.1. The van der Waals surface area contributed by atoms with E-state index in [1.165, 1.54) is 17.5 Å². The number of carbonyl (C=O) groups is 1. The number of anilines is 1. The number of piperidine rings is 1. The van der Waals surface area contributed by atoms with Gasteiger partial charge in [-0.3, -0.25) is 9.80 Å². The van der Waals surface area contributed by atoms with Crippen LogP contribution in [0.25, 0.3) is 21.1 Å². The fourth-order valence-electron chi connectivity index (χ4n) is 6.72. The van der Waals surface area contributed by atoms with Crippen molar-refractivity contribution in [3.63, 3.8) is 0 Å². The molecule has 0 aliphatic carbocycles. The molecule has 0 atom stereocenters. The summed E-state index contributed by atoms with van der Waals surface area (Å²) in [6.45, 7) is 14.5. The van der Waals surface area contributed by atoms with Crippen molar-refractivity contribution >= 4 is 44.4 Å². The summed E-state index contributed by atoms with van der Waals surface area (Å²) in [6.07, 6.45) is -2.32. The summed E-state index contributed by atoms with van der Waals surface area (Å²) in [5.74, 6) is 0.593. The van der Waals surface area contributed by atoms with Gasteiger partial charge >= 0.3 is 12.3 Å². The lowest BCUT2D eigenvalue weighted by atomic mass is 10.0. The fourth-order valence-corrected chi connectivity index (χ4v) is 7.75. The maximum absolute atomic E-state index is 13.0. The number of nitriles is 1. The first-order valence-corrected chi connectivity index (χ1v) is 17.6. The Bertz CT molecular complexity index is 1840. The van der Waals surface area contributed by atoms with Crippen LogP contribution in [-0.4, -0.2) is 99.0 Å². The molecule has 1 amide bonds. The Labute approximate surface area is 288 Å². The minimum Gasteiger partial charge on any atom is -0.444 e. The minimum absolute atomic E-state index is 0.163. The number of fused-ring (bicyclic) bond motifs is 2. The molecule has 2 aliphatic rings. The quantitative estimate of drug-likeness (QED) is 0.221. The number of thiophene rings is 1. The van der Waals surface area contributed by atoms with Gasteiger partial charge in [-0.15, -0.1) is 11.3 Å². The summed E-state index contributed by atoms with van der Waals surface area (Å²) in [5, 5.41) is 15.2. The molecule has 2 aliphatic heterocycles. The van der Waals surface area contributed by atoms with Crippen molar-refractivity contribution in [1.82, 2.24) is 29.2 Å². The molecule has 10 nitrogen and oxygen atoms in total. The number of benzene rings is 1. The van der Waals surface area contributed by atoms with E-state index >= 15 is 0 Å². The van der Waals surface area contributed by atoms with Crippen molar-refractivity contribution in [3.05, 3.63) is 52.3 Å². The maximum atomic E-state index is 13.0. The Morgan fingerprint density at radius 2 is 1.76 bits per heavy atom. The van der Waals surface area contributed by atoms with E-state index in [4.69, 9.17) is 4.74 Å². The number of likely N-dealkylation sites (tertiary alicyclic amines) is 1. The number of hydrogen-bond acceptors (Lipinski definition) is 9. The summed E-state index contributed by atoms with van der Waals surface area (Å²) >= 11 is 1.06. The van der Waals surface area contributed by atoms with Crippen LogP contribution in [0.2, 0.25) is 0 Å². The molecule has 6 rings (SSSR count). The highest BCUT2D eigenvalue weighted by atomic mass is 32.1. The number of halogens is 3. The number of aryl methyl sites for hydroxylation is 1. The van der Waals surface area contributed by atoms with Gasteiger partial charge in [-0.05, 0) is 69.9 Å². The van der Waals surface area contributed by atoms with Gasteiger partial charge < -0.3 is 19.5 Å². The number of nitrogens with zero attached hydrogens (tertiary/aromatic N) is 7. The van der Waals surface area contributed by atoms with Crippen LogP contribution in [0.3, 0.4) is 0 Å². The second kappa shape index (κ2) is 14.1. The van der Waals surface area contributed by atoms with Gasteiger partial charge in [-0.25, -0.2) is 14.8 Å². The van der Waals surface area contributed by atoms with Crippen molar-refractivity contribution in [2.24, 2.45) is 0 Å². The molecule has 49 heavy (non-hydrogen) atoms. The number of alkyl halides is 3. The fraction of sp³-hybridized carbons (Fsp3) is 0.543. The molecule has 1 aromatic carbocycles. The van der Waals surface area contributed by atoms with Gasteiger partial charge in [0.1, 0.15) is 34.3 Å². The summed E-state index contributed by atoms with van der Waals surface area (Å²) < 4.78 is 46.5. The molecule has 1 N–H and O–H groups in total. The smallest absolute Gasteiger partial charge is 0.410 e. The molecule has 0 saturated carbocycles. The largest absolute Gasteiger partial charge is 0.444 e. The van der Waals surface area contributed by atoms with Crippen LogP contribution in [0.4, 0.5) is 23.8 Å². The van der Waals surface area contributed by atoms with Crippen LogP contribution in [0.5, 0.6) is 0 Å². The Morgan fingerprint density at radius 3 is 2.43 bits per heavy atom. The van der Waals surface area contributed by atoms with Crippen LogP contribution in [0.1, 0.15) is 55.3 Å². The van der Waals surface area contributed by atoms with Gasteiger partial charge in [-0.1, -0.05) is 6.07 Å². The molecule has 14 heteroatoms. The van der Waals surface area contributed by atoms with Crippen molar-refractivity contribution in [3.8, 4) is 6.07 Å². The van der Waals surface area contributed by atoms with Gasteiger partial charge in [0.25, 0.3) is 0 Å². The van der Waals surface area contributed by atoms with Gasteiger partial charge in [0.2, 0.25) is 0 Å². The number of carbonyl (C=O) groups excluding carboxylic acids is 1. The first-order valence-electron chi connectivity index (χ1n) is 16.8. The second-order valence-electron chi connectivity index (χ2n) is 14.0. The zero-order chi connectivity index (χ0) is 34.9. The first kappa shape index (κ1) is 34.9. The van der Waals surface area contributed by atoms with Gasteiger partial charge in [-0.2, -0.15) is 18.4 Å². The van der Waals surface area contributed by atoms with E-state index in [9.17, 15) is 23.2 Å². The summed E-state index contributed by atoms with van der Waals surface area (Å²) in [4.78, 5) is 28.3. The average molecular weight is 697 g/mol. The third kappa shape index (κ3) is 8.45. The van der Waals surface area contributed by atoms with Gasteiger partial charge in [0, 0.05) is 80.7 Å². The monoisotopic (exact) mass is 696 g/mol. The standard InChI is InChI=1S/C35H43F3N8O2S/c1-23-24(21-44-9-7-25(8-10-44)42-31-29-18-27(19-35(36,37)38)49-32(29)41-22-40-31)5-6-30-28(23)17-26(20-39)46(30)16-13-43-11-14-45(15-12-43)33(47)48-34(2,3)4/h5-6,17-18,22,25H,7-16,19,21H2,1-4H3,(H,40,41,42). The maximum Gasteiger partial charge on any atom is 0.410 e. The summed E-state index contributed by atoms with van der Waals surface area (Å²) in [6, 6.07) is 10.4. The number of piperazine rings is 1. The predicted octanol–water partition coefficient (Wildman–Crippen LogP) is 6.56. The Morgan fingerprint density at radius 1 is 1.02 bits per heavy atom. The summed E-state index contributed by atoms with van der Waals surface area (Å²) in [7, 11) is 0. The lowest BCUT2D eigenvalue weighted by Crippen LogP contribution is -2.50. The van der Waals surface area contributed by atoms with E-state index in [1.807, 2.05) is 26.8 Å². The molecule has 4 aromatic rings. The van der Waals surface area contributed by atoms with E-state index in [2.05, 4.69) is 54.8 Å². The van der Waals surface area contributed by atoms with E-state index in [0.29, 0.717) is 41.4 Å². The normalized spacial score (nSPS) is 17.1. The molecule has 262 valence electrons. The molecule has 3 aromatic heterocycles. The zero-order valence-electron chi connectivity index (χ0n) is 28.4. The van der Waals surface area contributed by atoms with Crippen LogP contribution in [-0.2, 0) is 24.2 Å². The topological polar surface area (TPSA) is 103 Å². The van der Waals surface area contributed by atoms with Crippen LogP contribution in [0.15, 0.2) is 30.6 Å². The minimum atomic E-state index is -4.26. The number of rotatable bonds is 8. The Balaban J connectivity index is 1.04. The molecule has 2 fully saturated rings. The van der Waals surface area contributed by atoms with E-state index in [0.717, 1.165) is 74.3 Å². The number of hydrogen-bond donors (Lipinski definition) is 1. The van der Waals surface area contributed by atoms with E-state index in [1.54, 1.807) is 11.0 Å². The highest BCUT2D eigenvalue weighted by Crippen LogP contribution is 2.33. The van der Waals surface area contributed by atoms with Crippen molar-refractivity contribution in [2.75, 3.05) is 51.1 Å². The lowest BCUT2D eigenvalue weighted by Gasteiger charge is -2.35. The molecular formula is C35H43F3N8O2S. The summed E-state index contributed by atoms with van der Waals surface area (Å²) in [5.41, 5.74) is 3.59. The molecule has 0 bridgehead atoms. The molecule has 0 spiro atoms. The van der Waals surface area contributed by atoms with Crippen LogP contribution < -0.4 is 5.32 Å².